The highest BCUT2D eigenvalue weighted by atomic mass is 32.1. The second-order valence-corrected chi connectivity index (χ2v) is 9.37. The number of nitrogens with one attached hydrogen (secondary N) is 1. The molecule has 0 saturated heterocycles. The Morgan fingerprint density at radius 1 is 1.32 bits per heavy atom. The first-order valence-electron chi connectivity index (χ1n) is 10.4. The van der Waals surface area contributed by atoms with Crippen molar-refractivity contribution in [3.05, 3.63) is 46.2 Å². The van der Waals surface area contributed by atoms with Gasteiger partial charge in [-0.25, -0.2) is 9.78 Å². The minimum absolute atomic E-state index is 0.322. The van der Waals surface area contributed by atoms with E-state index in [-0.39, 0.29) is 6.09 Å². The number of thiazole rings is 1. The van der Waals surface area contributed by atoms with Gasteiger partial charge in [-0.3, -0.25) is 9.98 Å². The molecule has 2 heterocycles. The normalized spacial score (nSPS) is 11.9. The van der Waals surface area contributed by atoms with E-state index in [1.165, 1.54) is 0 Å². The number of aromatic nitrogens is 2. The van der Waals surface area contributed by atoms with Gasteiger partial charge in [0.2, 0.25) is 0 Å². The third-order valence-corrected chi connectivity index (χ3v) is 5.10. The molecule has 0 unspecified atom stereocenters. The first kappa shape index (κ1) is 24.6. The highest BCUT2D eigenvalue weighted by Crippen LogP contribution is 2.13. The summed E-state index contributed by atoms with van der Waals surface area (Å²) in [4.78, 5) is 29.4. The third kappa shape index (κ3) is 8.92. The van der Waals surface area contributed by atoms with Gasteiger partial charge in [-0.2, -0.15) is 0 Å². The second-order valence-electron chi connectivity index (χ2n) is 8.30. The van der Waals surface area contributed by atoms with Crippen molar-refractivity contribution in [1.29, 1.82) is 0 Å². The Bertz CT molecular complexity index is 847. The molecule has 2 aromatic heterocycles. The lowest BCUT2D eigenvalue weighted by atomic mass is 10.2. The largest absolute Gasteiger partial charge is 0.444 e. The molecule has 0 aliphatic heterocycles. The Hall–Kier alpha value is -2.68. The third-order valence-electron chi connectivity index (χ3n) is 4.27. The standard InChI is InChI=1S/C22H34N6O2S/c1-17-26-19(16-31-17)15-27(6)20(23-5)25-11-8-12-28(21(29)30-22(2,3)4)14-18-9-7-10-24-13-18/h7,9-10,13,16H,8,11-12,14-15H2,1-6H3,(H,23,25). The van der Waals surface area contributed by atoms with Gasteiger partial charge in [-0.05, 0) is 45.7 Å². The maximum absolute atomic E-state index is 12.7. The highest BCUT2D eigenvalue weighted by Gasteiger charge is 2.22. The van der Waals surface area contributed by atoms with E-state index in [9.17, 15) is 4.79 Å². The van der Waals surface area contributed by atoms with Crippen LogP contribution in [0.5, 0.6) is 0 Å². The number of hydrogen-bond donors (Lipinski definition) is 1. The fourth-order valence-electron chi connectivity index (χ4n) is 2.93. The smallest absolute Gasteiger partial charge is 0.410 e. The van der Waals surface area contributed by atoms with Gasteiger partial charge >= 0.3 is 6.09 Å². The Labute approximate surface area is 189 Å². The van der Waals surface area contributed by atoms with Crippen LogP contribution in [0, 0.1) is 6.92 Å². The summed E-state index contributed by atoms with van der Waals surface area (Å²) in [6, 6.07) is 3.83. The molecule has 0 bridgehead atoms. The molecule has 0 spiro atoms. The summed E-state index contributed by atoms with van der Waals surface area (Å²) in [6.45, 7) is 10.0. The van der Waals surface area contributed by atoms with E-state index in [2.05, 4.69) is 25.7 Å². The first-order valence-corrected chi connectivity index (χ1v) is 11.3. The molecule has 0 aromatic carbocycles. The topological polar surface area (TPSA) is 83.0 Å². The SMILES string of the molecule is CN=C(NCCCN(Cc1cccnc1)C(=O)OC(C)(C)C)N(C)Cc1csc(C)n1. The monoisotopic (exact) mass is 446 g/mol. The van der Waals surface area contributed by atoms with Gasteiger partial charge < -0.3 is 19.9 Å². The van der Waals surface area contributed by atoms with E-state index >= 15 is 0 Å². The number of ether oxygens (including phenoxy) is 1. The predicted molar refractivity (Wildman–Crippen MR) is 125 cm³/mol. The number of carbonyl (C=O) groups excluding carboxylic acids is 1. The minimum atomic E-state index is -0.540. The van der Waals surface area contributed by atoms with E-state index in [1.807, 2.05) is 51.8 Å². The molecule has 0 saturated carbocycles. The molecule has 8 nitrogen and oxygen atoms in total. The van der Waals surface area contributed by atoms with Gasteiger partial charge in [0, 0.05) is 45.0 Å². The maximum Gasteiger partial charge on any atom is 0.410 e. The Kier molecular flexibility index (Phi) is 9.23. The number of rotatable bonds is 8. The summed E-state index contributed by atoms with van der Waals surface area (Å²) >= 11 is 1.65. The zero-order chi connectivity index (χ0) is 22.9. The minimum Gasteiger partial charge on any atom is -0.444 e. The van der Waals surface area contributed by atoms with Crippen molar-refractivity contribution in [1.82, 2.24) is 25.1 Å². The van der Waals surface area contributed by atoms with Crippen molar-refractivity contribution in [3.63, 3.8) is 0 Å². The number of amides is 1. The van der Waals surface area contributed by atoms with Crippen molar-refractivity contribution in [2.45, 2.75) is 52.8 Å². The molecular weight excluding hydrogens is 412 g/mol. The molecule has 1 N–H and O–H groups in total. The van der Waals surface area contributed by atoms with Crippen molar-refractivity contribution in [2.75, 3.05) is 27.2 Å². The molecule has 0 aliphatic carbocycles. The van der Waals surface area contributed by atoms with Gasteiger partial charge in [-0.15, -0.1) is 11.3 Å². The molecule has 0 atom stereocenters. The number of aryl methyl sites for hydroxylation is 1. The molecule has 1 amide bonds. The number of carbonyl (C=O) groups is 1. The van der Waals surface area contributed by atoms with Crippen LogP contribution >= 0.6 is 11.3 Å². The van der Waals surface area contributed by atoms with Crippen LogP contribution in [0.1, 0.15) is 43.5 Å². The summed E-state index contributed by atoms with van der Waals surface area (Å²) in [5, 5.41) is 6.49. The number of guanidine groups is 1. The van der Waals surface area contributed by atoms with Crippen molar-refractivity contribution < 1.29 is 9.53 Å². The molecular formula is C22H34N6O2S. The lowest BCUT2D eigenvalue weighted by Crippen LogP contribution is -2.41. The first-order chi connectivity index (χ1) is 14.7. The van der Waals surface area contributed by atoms with Gasteiger partial charge in [0.25, 0.3) is 0 Å². The van der Waals surface area contributed by atoms with Gasteiger partial charge in [-0.1, -0.05) is 6.07 Å². The zero-order valence-electron chi connectivity index (χ0n) is 19.4. The Morgan fingerprint density at radius 3 is 2.68 bits per heavy atom. The van der Waals surface area contributed by atoms with E-state index < -0.39 is 5.60 Å². The van der Waals surface area contributed by atoms with Crippen molar-refractivity contribution in [2.24, 2.45) is 4.99 Å². The molecule has 2 aromatic rings. The van der Waals surface area contributed by atoms with Crippen molar-refractivity contribution >= 4 is 23.4 Å². The number of aliphatic imine (C=N–C) groups is 1. The van der Waals surface area contributed by atoms with Crippen LogP contribution in [0.4, 0.5) is 4.79 Å². The lowest BCUT2D eigenvalue weighted by molar-refractivity contribution is 0.0232. The quantitative estimate of drug-likeness (QED) is 0.378. The number of pyridine rings is 1. The van der Waals surface area contributed by atoms with Crippen LogP contribution in [-0.4, -0.2) is 64.6 Å². The summed E-state index contributed by atoms with van der Waals surface area (Å²) in [6.07, 6.45) is 3.92. The molecule has 2 rings (SSSR count). The summed E-state index contributed by atoms with van der Waals surface area (Å²) in [5.41, 5.74) is 1.46. The lowest BCUT2D eigenvalue weighted by Gasteiger charge is -2.28. The van der Waals surface area contributed by atoms with Crippen LogP contribution in [0.2, 0.25) is 0 Å². The van der Waals surface area contributed by atoms with Gasteiger partial charge in [0.05, 0.1) is 23.8 Å². The van der Waals surface area contributed by atoms with Crippen LogP contribution in [0.3, 0.4) is 0 Å². The van der Waals surface area contributed by atoms with Crippen molar-refractivity contribution in [3.8, 4) is 0 Å². The number of hydrogen-bond acceptors (Lipinski definition) is 6. The highest BCUT2D eigenvalue weighted by molar-refractivity contribution is 7.09. The zero-order valence-corrected chi connectivity index (χ0v) is 20.2. The summed E-state index contributed by atoms with van der Waals surface area (Å²) < 4.78 is 5.59. The van der Waals surface area contributed by atoms with E-state index in [1.54, 1.807) is 35.7 Å². The van der Waals surface area contributed by atoms with E-state index in [4.69, 9.17) is 4.74 Å². The van der Waals surface area contributed by atoms with Crippen LogP contribution in [0.25, 0.3) is 0 Å². The average molecular weight is 447 g/mol. The Morgan fingerprint density at radius 2 is 2.10 bits per heavy atom. The van der Waals surface area contributed by atoms with Crippen LogP contribution in [-0.2, 0) is 17.8 Å². The molecule has 0 aliphatic rings. The Balaban J connectivity index is 1.88. The fraction of sp³-hybridized carbons (Fsp3) is 0.545. The van der Waals surface area contributed by atoms with Crippen LogP contribution in [0.15, 0.2) is 34.9 Å². The van der Waals surface area contributed by atoms with E-state index in [0.717, 1.165) is 28.6 Å². The molecule has 9 heteroatoms. The maximum atomic E-state index is 12.7. The van der Waals surface area contributed by atoms with Gasteiger partial charge in [0.1, 0.15) is 5.60 Å². The number of nitrogens with zero attached hydrogens (tertiary/aromatic N) is 5. The molecule has 170 valence electrons. The second kappa shape index (κ2) is 11.6. The molecule has 31 heavy (non-hydrogen) atoms. The molecule has 0 radical (unpaired) electrons. The fourth-order valence-corrected chi connectivity index (χ4v) is 3.53. The molecule has 0 fully saturated rings. The summed E-state index contributed by atoms with van der Waals surface area (Å²) in [7, 11) is 3.75. The summed E-state index contributed by atoms with van der Waals surface area (Å²) in [5.74, 6) is 0.793. The van der Waals surface area contributed by atoms with Crippen LogP contribution < -0.4 is 5.32 Å². The van der Waals surface area contributed by atoms with Gasteiger partial charge in [0.15, 0.2) is 5.96 Å². The average Bonchev–Trinajstić information content (AvgIpc) is 3.11. The predicted octanol–water partition coefficient (Wildman–Crippen LogP) is 3.68. The van der Waals surface area contributed by atoms with E-state index in [0.29, 0.717) is 26.2 Å².